The molecule has 1 heterocycles. The third-order valence-corrected chi connectivity index (χ3v) is 13.5. The topological polar surface area (TPSA) is 6.48 Å². The Morgan fingerprint density at radius 3 is 1.55 bits per heavy atom. The van der Waals surface area contributed by atoms with Gasteiger partial charge < -0.3 is 9.80 Å². The zero-order valence-electron chi connectivity index (χ0n) is 33.7. The average molecular weight is 767 g/mol. The maximum atomic E-state index is 2.45. The standard InChI is InChI=1S/C58H42N2/c1-57(2)50-28-15-16-30-53(50)60(42-20-7-4-8-21-42)54-37-34-40(38-52(54)57)39-32-35-43(36-33-39)59(41-18-5-3-6-19-41)55-31-17-29-51-56(55)46-24-11-14-27-49(46)58(51)47-25-12-9-22-44(47)45-23-10-13-26-48(45)58/h3-38H,1-2H3. The number of rotatable bonds is 5. The van der Waals surface area contributed by atoms with E-state index >= 15 is 0 Å². The molecule has 1 aliphatic heterocycles. The van der Waals surface area contributed by atoms with Crippen LogP contribution in [0.5, 0.6) is 0 Å². The first-order chi connectivity index (χ1) is 29.5. The van der Waals surface area contributed by atoms with E-state index < -0.39 is 5.41 Å². The lowest BCUT2D eigenvalue weighted by Gasteiger charge is -2.42. The predicted octanol–water partition coefficient (Wildman–Crippen LogP) is 15.3. The van der Waals surface area contributed by atoms with Crippen LogP contribution in [-0.4, -0.2) is 0 Å². The van der Waals surface area contributed by atoms with E-state index in [1.165, 1.54) is 89.5 Å². The van der Waals surface area contributed by atoms with Crippen LogP contribution in [0.15, 0.2) is 218 Å². The first-order valence-corrected chi connectivity index (χ1v) is 21.0. The van der Waals surface area contributed by atoms with E-state index in [2.05, 4.69) is 242 Å². The highest BCUT2D eigenvalue weighted by atomic mass is 15.2. The van der Waals surface area contributed by atoms with Crippen LogP contribution in [0.25, 0.3) is 33.4 Å². The average Bonchev–Trinajstić information content (AvgIpc) is 3.78. The molecule has 0 amide bonds. The van der Waals surface area contributed by atoms with Gasteiger partial charge in [0.2, 0.25) is 0 Å². The van der Waals surface area contributed by atoms with Gasteiger partial charge in [-0.15, -0.1) is 0 Å². The van der Waals surface area contributed by atoms with Gasteiger partial charge in [-0.25, -0.2) is 0 Å². The van der Waals surface area contributed by atoms with Gasteiger partial charge >= 0.3 is 0 Å². The van der Waals surface area contributed by atoms with Gasteiger partial charge in [0.1, 0.15) is 0 Å². The zero-order valence-corrected chi connectivity index (χ0v) is 33.7. The van der Waals surface area contributed by atoms with Crippen LogP contribution in [-0.2, 0) is 10.8 Å². The van der Waals surface area contributed by atoms with Gasteiger partial charge in [0, 0.05) is 28.0 Å². The van der Waals surface area contributed by atoms with Gasteiger partial charge in [0.05, 0.1) is 22.5 Å². The van der Waals surface area contributed by atoms with E-state index in [1.54, 1.807) is 0 Å². The van der Waals surface area contributed by atoms with E-state index in [4.69, 9.17) is 0 Å². The maximum absolute atomic E-state index is 2.45. The van der Waals surface area contributed by atoms with Gasteiger partial charge in [-0.05, 0) is 122 Å². The maximum Gasteiger partial charge on any atom is 0.0726 e. The molecule has 9 aromatic carbocycles. The van der Waals surface area contributed by atoms with Gasteiger partial charge in [0.25, 0.3) is 0 Å². The first kappa shape index (κ1) is 34.6. The van der Waals surface area contributed by atoms with Crippen LogP contribution in [0.1, 0.15) is 47.2 Å². The Morgan fingerprint density at radius 1 is 0.367 bits per heavy atom. The molecule has 2 nitrogen and oxygen atoms in total. The quantitative estimate of drug-likeness (QED) is 0.172. The minimum absolute atomic E-state index is 0.182. The van der Waals surface area contributed by atoms with Crippen molar-refractivity contribution in [2.75, 3.05) is 9.80 Å². The Labute approximate surface area is 352 Å². The second-order valence-corrected chi connectivity index (χ2v) is 16.8. The number of para-hydroxylation sites is 3. The largest absolute Gasteiger partial charge is 0.310 e. The summed E-state index contributed by atoms with van der Waals surface area (Å²) in [7, 11) is 0. The number of hydrogen-bond donors (Lipinski definition) is 0. The number of nitrogens with zero attached hydrogens (tertiary/aromatic N) is 2. The highest BCUT2D eigenvalue weighted by molar-refractivity contribution is 6.01. The van der Waals surface area contributed by atoms with Crippen molar-refractivity contribution < 1.29 is 0 Å². The molecule has 0 fully saturated rings. The molecule has 1 spiro atoms. The third-order valence-electron chi connectivity index (χ3n) is 13.5. The predicted molar refractivity (Wildman–Crippen MR) is 250 cm³/mol. The summed E-state index contributed by atoms with van der Waals surface area (Å²) in [6.07, 6.45) is 0. The molecule has 60 heavy (non-hydrogen) atoms. The SMILES string of the molecule is CC1(C)c2ccccc2N(c2ccccc2)c2ccc(-c3ccc(N(c4ccccc4)c4cccc5c4-c4ccccc4C54c5ccccc5-c5ccccc54)cc3)cc21. The number of anilines is 6. The number of benzene rings is 9. The third kappa shape index (κ3) is 4.76. The van der Waals surface area contributed by atoms with Crippen LogP contribution in [0.3, 0.4) is 0 Å². The molecule has 3 aliphatic rings. The van der Waals surface area contributed by atoms with Crippen LogP contribution in [0.4, 0.5) is 34.1 Å². The smallest absolute Gasteiger partial charge is 0.0726 e. The van der Waals surface area contributed by atoms with Crippen molar-refractivity contribution in [2.24, 2.45) is 0 Å². The van der Waals surface area contributed by atoms with Gasteiger partial charge in [-0.3, -0.25) is 0 Å². The Bertz CT molecular complexity index is 3080. The summed E-state index contributed by atoms with van der Waals surface area (Å²) in [4.78, 5) is 4.87. The second-order valence-electron chi connectivity index (χ2n) is 16.8. The molecule has 0 bridgehead atoms. The molecule has 0 aromatic heterocycles. The molecule has 0 unspecified atom stereocenters. The van der Waals surface area contributed by atoms with Crippen LogP contribution >= 0.6 is 0 Å². The molecule has 284 valence electrons. The molecule has 2 heteroatoms. The zero-order chi connectivity index (χ0) is 40.0. The summed E-state index contributed by atoms with van der Waals surface area (Å²) in [5, 5.41) is 0. The van der Waals surface area contributed by atoms with E-state index in [1.807, 2.05) is 0 Å². The van der Waals surface area contributed by atoms with Crippen LogP contribution in [0, 0.1) is 0 Å². The van der Waals surface area contributed by atoms with Crippen LogP contribution in [0.2, 0.25) is 0 Å². The Hall–Kier alpha value is -7.42. The van der Waals surface area contributed by atoms with Gasteiger partial charge in [-0.1, -0.05) is 172 Å². The van der Waals surface area contributed by atoms with Crippen LogP contribution < -0.4 is 9.80 Å². The molecular formula is C58H42N2. The van der Waals surface area contributed by atoms with Crippen molar-refractivity contribution in [3.05, 3.63) is 252 Å². The summed E-state index contributed by atoms with van der Waals surface area (Å²) < 4.78 is 0. The van der Waals surface area contributed by atoms with Gasteiger partial charge in [0.15, 0.2) is 0 Å². The van der Waals surface area contributed by atoms with Gasteiger partial charge in [-0.2, -0.15) is 0 Å². The van der Waals surface area contributed by atoms with E-state index in [9.17, 15) is 0 Å². The fourth-order valence-electron chi connectivity index (χ4n) is 10.9. The van der Waals surface area contributed by atoms with E-state index in [0.717, 1.165) is 11.4 Å². The van der Waals surface area contributed by atoms with Crippen molar-refractivity contribution >= 4 is 34.1 Å². The second kappa shape index (κ2) is 13.0. The van der Waals surface area contributed by atoms with Crippen molar-refractivity contribution in [1.82, 2.24) is 0 Å². The van der Waals surface area contributed by atoms with Crippen molar-refractivity contribution in [3.63, 3.8) is 0 Å². The molecule has 2 aliphatic carbocycles. The molecule has 12 rings (SSSR count). The lowest BCUT2D eigenvalue weighted by molar-refractivity contribution is 0.632. The summed E-state index contributed by atoms with van der Waals surface area (Å²) in [5.74, 6) is 0. The fraction of sp³-hybridized carbons (Fsp3) is 0.0690. The highest BCUT2D eigenvalue weighted by Gasteiger charge is 2.52. The van der Waals surface area contributed by atoms with E-state index in [0.29, 0.717) is 0 Å². The molecule has 0 radical (unpaired) electrons. The molecule has 9 aromatic rings. The molecular weight excluding hydrogens is 725 g/mol. The number of fused-ring (bicyclic) bond motifs is 12. The summed E-state index contributed by atoms with van der Waals surface area (Å²) in [6, 6.07) is 80.8. The summed E-state index contributed by atoms with van der Waals surface area (Å²) in [6.45, 7) is 4.72. The minimum Gasteiger partial charge on any atom is -0.310 e. The minimum atomic E-state index is -0.405. The lowest BCUT2D eigenvalue weighted by Crippen LogP contribution is -2.30. The highest BCUT2D eigenvalue weighted by Crippen LogP contribution is 2.64. The normalized spacial score (nSPS) is 14.4. The lowest BCUT2D eigenvalue weighted by atomic mass is 9.70. The first-order valence-electron chi connectivity index (χ1n) is 21.0. The molecule has 0 atom stereocenters. The summed E-state index contributed by atoms with van der Waals surface area (Å²) in [5.41, 5.74) is 22.1. The van der Waals surface area contributed by atoms with E-state index in [-0.39, 0.29) is 5.41 Å². The fourth-order valence-corrected chi connectivity index (χ4v) is 10.9. The summed E-state index contributed by atoms with van der Waals surface area (Å²) >= 11 is 0. The van der Waals surface area contributed by atoms with Crippen molar-refractivity contribution in [3.8, 4) is 33.4 Å². The Kier molecular flexibility index (Phi) is 7.52. The Balaban J connectivity index is 1.01. The van der Waals surface area contributed by atoms with Crippen molar-refractivity contribution in [1.29, 1.82) is 0 Å². The monoisotopic (exact) mass is 766 g/mol. The number of hydrogen-bond acceptors (Lipinski definition) is 2. The van der Waals surface area contributed by atoms with Crippen molar-refractivity contribution in [2.45, 2.75) is 24.7 Å². The molecule has 0 N–H and O–H groups in total. The molecule has 0 saturated carbocycles. The Morgan fingerprint density at radius 2 is 0.867 bits per heavy atom. The molecule has 0 saturated heterocycles.